The topological polar surface area (TPSA) is 121 Å². The van der Waals surface area contributed by atoms with Crippen molar-refractivity contribution < 1.29 is 18.9 Å². The molecule has 3 aromatic rings. The number of halogens is 1. The standard InChI is InChI=1S/C25H22ClN5O5S/c26-20-9-3-17(16-21(20)31(34)35)4-10-23(32)28-25(37)27-18-5-7-19(8-6-18)29-11-13-30(14-12-29)24(33)22-2-1-15-36-22/h1-10,15-16H,11-14H2,(H2,27,28,32,37). The van der Waals surface area contributed by atoms with E-state index in [0.717, 1.165) is 5.69 Å². The first-order valence-electron chi connectivity index (χ1n) is 11.2. The van der Waals surface area contributed by atoms with Gasteiger partial charge in [0.05, 0.1) is 11.2 Å². The van der Waals surface area contributed by atoms with Crippen LogP contribution in [-0.4, -0.2) is 52.9 Å². The summed E-state index contributed by atoms with van der Waals surface area (Å²) in [5.41, 5.74) is 1.91. The lowest BCUT2D eigenvalue weighted by molar-refractivity contribution is -0.384. The van der Waals surface area contributed by atoms with Gasteiger partial charge in [-0.25, -0.2) is 0 Å². The van der Waals surface area contributed by atoms with E-state index < -0.39 is 10.8 Å². The van der Waals surface area contributed by atoms with Crippen molar-refractivity contribution in [2.45, 2.75) is 0 Å². The summed E-state index contributed by atoms with van der Waals surface area (Å²) < 4.78 is 5.20. The van der Waals surface area contributed by atoms with Crippen LogP contribution in [0.2, 0.25) is 5.02 Å². The molecule has 2 amide bonds. The normalized spacial score (nSPS) is 13.4. The predicted octanol–water partition coefficient (Wildman–Crippen LogP) is 4.33. The number of nitrogens with one attached hydrogen (secondary N) is 2. The molecular weight excluding hydrogens is 518 g/mol. The Kier molecular flexibility index (Phi) is 8.16. The number of anilines is 2. The van der Waals surface area contributed by atoms with Crippen LogP contribution in [-0.2, 0) is 4.79 Å². The van der Waals surface area contributed by atoms with Crippen molar-refractivity contribution in [3.8, 4) is 0 Å². The summed E-state index contributed by atoms with van der Waals surface area (Å²) in [6.07, 6.45) is 4.14. The molecule has 0 bridgehead atoms. The molecule has 2 heterocycles. The maximum atomic E-state index is 12.4. The van der Waals surface area contributed by atoms with Gasteiger partial charge in [-0.3, -0.25) is 25.0 Å². The van der Waals surface area contributed by atoms with Crippen molar-refractivity contribution in [3.63, 3.8) is 0 Å². The zero-order valence-electron chi connectivity index (χ0n) is 19.4. The van der Waals surface area contributed by atoms with E-state index in [-0.39, 0.29) is 21.7 Å². The number of thiocarbonyl (C=S) groups is 1. The number of amides is 2. The largest absolute Gasteiger partial charge is 0.459 e. The van der Waals surface area contributed by atoms with Gasteiger partial charge in [0, 0.05) is 49.7 Å². The second-order valence-electron chi connectivity index (χ2n) is 8.05. The lowest BCUT2D eigenvalue weighted by Crippen LogP contribution is -2.48. The average molecular weight is 540 g/mol. The van der Waals surface area contributed by atoms with E-state index in [2.05, 4.69) is 15.5 Å². The van der Waals surface area contributed by atoms with Gasteiger partial charge in [0.15, 0.2) is 10.9 Å². The van der Waals surface area contributed by atoms with E-state index in [1.807, 2.05) is 24.3 Å². The van der Waals surface area contributed by atoms with Crippen LogP contribution in [0.1, 0.15) is 16.1 Å². The van der Waals surface area contributed by atoms with E-state index >= 15 is 0 Å². The fourth-order valence-electron chi connectivity index (χ4n) is 3.74. The predicted molar refractivity (Wildman–Crippen MR) is 145 cm³/mol. The minimum absolute atomic E-state index is 0.0189. The number of rotatable bonds is 6. The third-order valence-corrected chi connectivity index (χ3v) is 6.14. The molecule has 12 heteroatoms. The third kappa shape index (κ3) is 6.72. The fraction of sp³-hybridized carbons (Fsp3) is 0.160. The maximum absolute atomic E-state index is 12.4. The van der Waals surface area contributed by atoms with Gasteiger partial charge in [-0.05, 0) is 66.3 Å². The number of carbonyl (C=O) groups is 2. The fourth-order valence-corrected chi connectivity index (χ4v) is 4.15. The van der Waals surface area contributed by atoms with Gasteiger partial charge < -0.3 is 19.5 Å². The molecule has 0 unspecified atom stereocenters. The Morgan fingerprint density at radius 3 is 2.46 bits per heavy atom. The molecule has 190 valence electrons. The van der Waals surface area contributed by atoms with Crippen LogP contribution in [0.25, 0.3) is 6.08 Å². The molecule has 1 aliphatic heterocycles. The van der Waals surface area contributed by atoms with Gasteiger partial charge in [0.2, 0.25) is 5.91 Å². The van der Waals surface area contributed by atoms with Gasteiger partial charge in [-0.1, -0.05) is 17.7 Å². The molecule has 0 radical (unpaired) electrons. The molecule has 0 atom stereocenters. The minimum atomic E-state index is -0.590. The van der Waals surface area contributed by atoms with Gasteiger partial charge in [0.25, 0.3) is 11.6 Å². The highest BCUT2D eigenvalue weighted by atomic mass is 35.5. The number of nitrogens with zero attached hydrogens (tertiary/aromatic N) is 3. The summed E-state index contributed by atoms with van der Waals surface area (Å²) in [7, 11) is 0. The highest BCUT2D eigenvalue weighted by molar-refractivity contribution is 7.80. The van der Waals surface area contributed by atoms with Gasteiger partial charge in [-0.2, -0.15) is 0 Å². The van der Waals surface area contributed by atoms with Crippen LogP contribution >= 0.6 is 23.8 Å². The van der Waals surface area contributed by atoms with Gasteiger partial charge >= 0.3 is 0 Å². The third-order valence-electron chi connectivity index (χ3n) is 5.62. The number of hydrogen-bond donors (Lipinski definition) is 2. The number of nitro benzene ring substituents is 1. The van der Waals surface area contributed by atoms with Crippen LogP contribution < -0.4 is 15.5 Å². The van der Waals surface area contributed by atoms with Crippen molar-refractivity contribution in [2.75, 3.05) is 36.4 Å². The number of furan rings is 1. The molecule has 4 rings (SSSR count). The van der Waals surface area contributed by atoms with Crippen LogP contribution in [0.15, 0.2) is 71.4 Å². The Morgan fingerprint density at radius 2 is 1.81 bits per heavy atom. The number of piperazine rings is 1. The number of carbonyl (C=O) groups excluding carboxylic acids is 2. The lowest BCUT2D eigenvalue weighted by Gasteiger charge is -2.35. The molecule has 2 N–H and O–H groups in total. The Bertz CT molecular complexity index is 1340. The molecule has 37 heavy (non-hydrogen) atoms. The molecule has 0 saturated carbocycles. The molecular formula is C25H22ClN5O5S. The van der Waals surface area contributed by atoms with E-state index in [1.54, 1.807) is 23.1 Å². The van der Waals surface area contributed by atoms with E-state index in [4.69, 9.17) is 28.2 Å². The Balaban J connectivity index is 1.25. The molecule has 1 saturated heterocycles. The summed E-state index contributed by atoms with van der Waals surface area (Å²) in [5, 5.41) is 16.6. The molecule has 10 nitrogen and oxygen atoms in total. The second-order valence-corrected chi connectivity index (χ2v) is 8.86. The summed E-state index contributed by atoms with van der Waals surface area (Å²) in [6.45, 7) is 2.56. The van der Waals surface area contributed by atoms with E-state index in [9.17, 15) is 19.7 Å². The van der Waals surface area contributed by atoms with Crippen LogP contribution in [0, 0.1) is 10.1 Å². The SMILES string of the molecule is O=C(C=Cc1ccc(Cl)c([N+](=O)[O-])c1)NC(=S)Nc1ccc(N2CCN(C(=O)c3ccco3)CC2)cc1. The second kappa shape index (κ2) is 11.7. The van der Waals surface area contributed by atoms with Crippen LogP contribution in [0.5, 0.6) is 0 Å². The van der Waals surface area contributed by atoms with Crippen molar-refractivity contribution >= 4 is 63.9 Å². The zero-order chi connectivity index (χ0) is 26.4. The first kappa shape index (κ1) is 25.9. The van der Waals surface area contributed by atoms with Gasteiger partial charge in [-0.15, -0.1) is 0 Å². The molecule has 0 spiro atoms. The van der Waals surface area contributed by atoms with Crippen molar-refractivity contribution in [1.29, 1.82) is 0 Å². The molecule has 0 aliphatic carbocycles. The van der Waals surface area contributed by atoms with E-state index in [0.29, 0.717) is 43.2 Å². The van der Waals surface area contributed by atoms with Crippen molar-refractivity contribution in [1.82, 2.24) is 10.2 Å². The molecule has 1 fully saturated rings. The first-order valence-corrected chi connectivity index (χ1v) is 12.0. The average Bonchev–Trinajstić information content (AvgIpc) is 3.43. The monoisotopic (exact) mass is 539 g/mol. The number of nitro groups is 1. The number of benzene rings is 2. The molecule has 1 aliphatic rings. The van der Waals surface area contributed by atoms with Crippen LogP contribution in [0.4, 0.5) is 17.1 Å². The summed E-state index contributed by atoms with van der Waals surface area (Å²) in [5.74, 6) is -0.255. The number of hydrogen-bond acceptors (Lipinski definition) is 7. The highest BCUT2D eigenvalue weighted by Crippen LogP contribution is 2.25. The quantitative estimate of drug-likeness (QED) is 0.205. The minimum Gasteiger partial charge on any atom is -0.459 e. The van der Waals surface area contributed by atoms with E-state index in [1.165, 1.54) is 30.5 Å². The molecule has 2 aromatic carbocycles. The Morgan fingerprint density at radius 1 is 1.08 bits per heavy atom. The van der Waals surface area contributed by atoms with Crippen molar-refractivity contribution in [3.05, 3.63) is 93.4 Å². The van der Waals surface area contributed by atoms with Gasteiger partial charge in [0.1, 0.15) is 5.02 Å². The summed E-state index contributed by atoms with van der Waals surface area (Å²) >= 11 is 11.0. The summed E-state index contributed by atoms with van der Waals surface area (Å²) in [4.78, 5) is 39.0. The Hall–Kier alpha value is -4.22. The summed E-state index contributed by atoms with van der Waals surface area (Å²) in [6, 6.07) is 15.2. The first-order chi connectivity index (χ1) is 17.8. The smallest absolute Gasteiger partial charge is 0.289 e. The maximum Gasteiger partial charge on any atom is 0.289 e. The molecule has 1 aromatic heterocycles. The zero-order valence-corrected chi connectivity index (χ0v) is 21.0. The van der Waals surface area contributed by atoms with Crippen LogP contribution in [0.3, 0.4) is 0 Å². The van der Waals surface area contributed by atoms with Crippen molar-refractivity contribution in [2.24, 2.45) is 0 Å². The highest BCUT2D eigenvalue weighted by Gasteiger charge is 2.23. The lowest BCUT2D eigenvalue weighted by atomic mass is 10.2. The Labute approximate surface area is 222 Å².